The number of H-pyrrole nitrogens is 1. The lowest BCUT2D eigenvalue weighted by Gasteiger charge is -2.04. The summed E-state index contributed by atoms with van der Waals surface area (Å²) in [6, 6.07) is 0. The van der Waals surface area contributed by atoms with Crippen LogP contribution in [0.5, 0.6) is 0 Å². The Hall–Kier alpha value is -1.38. The second-order valence-electron chi connectivity index (χ2n) is 3.96. The highest BCUT2D eigenvalue weighted by molar-refractivity contribution is 4.95. The molecule has 1 rings (SSSR count). The van der Waals surface area contributed by atoms with Gasteiger partial charge in [-0.2, -0.15) is 15.4 Å². The summed E-state index contributed by atoms with van der Waals surface area (Å²) in [7, 11) is 0. The normalized spacial score (nSPS) is 10.1. The number of nitrogens with one attached hydrogen (secondary N) is 2. The zero-order valence-electron chi connectivity index (χ0n) is 11.0. The number of aromatic amines is 1. The van der Waals surface area contributed by atoms with Gasteiger partial charge in [-0.25, -0.2) is 0 Å². The van der Waals surface area contributed by atoms with Crippen molar-refractivity contribution in [1.82, 2.24) is 20.7 Å². The molecule has 100 valence electrons. The molecule has 0 radical (unpaired) electrons. The highest BCUT2D eigenvalue weighted by atomic mass is 16.5. The van der Waals surface area contributed by atoms with Crippen LogP contribution in [-0.2, 0) is 11.2 Å². The van der Waals surface area contributed by atoms with E-state index in [0.717, 1.165) is 51.1 Å². The molecule has 0 aliphatic carbocycles. The smallest absolute Gasteiger partial charge is 0.0847 e. The van der Waals surface area contributed by atoms with Gasteiger partial charge in [0.25, 0.3) is 0 Å². The molecule has 1 aromatic heterocycles. The quantitative estimate of drug-likeness (QED) is 0.483. The van der Waals surface area contributed by atoms with E-state index in [1.165, 1.54) is 0 Å². The van der Waals surface area contributed by atoms with Crippen molar-refractivity contribution in [2.24, 2.45) is 0 Å². The Morgan fingerprint density at radius 1 is 1.33 bits per heavy atom. The Morgan fingerprint density at radius 3 is 3.06 bits per heavy atom. The first-order valence-electron chi connectivity index (χ1n) is 6.46. The Balaban J connectivity index is 1.77. The van der Waals surface area contributed by atoms with E-state index in [-0.39, 0.29) is 0 Å². The lowest BCUT2D eigenvalue weighted by Crippen LogP contribution is -2.16. The summed E-state index contributed by atoms with van der Waals surface area (Å²) in [6.07, 6.45) is 5.72. The van der Waals surface area contributed by atoms with Crippen LogP contribution in [0.4, 0.5) is 0 Å². The number of unbranched alkanes of at least 4 members (excludes halogenated alkanes) is 1. The summed E-state index contributed by atoms with van der Waals surface area (Å²) in [6.45, 7) is 5.42. The molecule has 5 nitrogen and oxygen atoms in total. The maximum atomic E-state index is 5.52. The third kappa shape index (κ3) is 7.82. The monoisotopic (exact) mass is 250 g/mol. The van der Waals surface area contributed by atoms with Crippen LogP contribution in [0.25, 0.3) is 0 Å². The summed E-state index contributed by atoms with van der Waals surface area (Å²) < 4.78 is 5.52. The largest absolute Gasteiger partial charge is 0.381 e. The highest BCUT2D eigenvalue weighted by Crippen LogP contribution is 1.93. The molecule has 0 saturated carbocycles. The number of hydrogen-bond donors (Lipinski definition) is 2. The van der Waals surface area contributed by atoms with Crippen LogP contribution in [0.2, 0.25) is 0 Å². The number of aromatic nitrogens is 3. The Bertz CT molecular complexity index is 340. The van der Waals surface area contributed by atoms with Gasteiger partial charge >= 0.3 is 0 Å². The van der Waals surface area contributed by atoms with Gasteiger partial charge in [0.1, 0.15) is 0 Å². The van der Waals surface area contributed by atoms with Crippen LogP contribution < -0.4 is 5.32 Å². The minimum absolute atomic E-state index is 0.714. The van der Waals surface area contributed by atoms with E-state index >= 15 is 0 Å². The Labute approximate surface area is 109 Å². The van der Waals surface area contributed by atoms with Crippen LogP contribution >= 0.6 is 0 Å². The predicted molar refractivity (Wildman–Crippen MR) is 71.1 cm³/mol. The van der Waals surface area contributed by atoms with E-state index < -0.39 is 0 Å². The van der Waals surface area contributed by atoms with E-state index in [0.29, 0.717) is 6.61 Å². The van der Waals surface area contributed by atoms with Crippen LogP contribution in [-0.4, -0.2) is 41.7 Å². The molecule has 0 unspecified atom stereocenters. The van der Waals surface area contributed by atoms with Gasteiger partial charge in [0.2, 0.25) is 0 Å². The summed E-state index contributed by atoms with van der Waals surface area (Å²) >= 11 is 0. The Morgan fingerprint density at radius 2 is 2.28 bits per heavy atom. The molecule has 0 atom stereocenters. The number of hydrogen-bond acceptors (Lipinski definition) is 4. The standard InChI is InChI=1S/C13H22N4O/c1-2-3-4-8-14-9-5-6-10-18-11-7-13-12-15-17-16-13/h12,14H,4-11H2,1H3,(H,15,16,17). The molecule has 0 aliphatic rings. The summed E-state index contributed by atoms with van der Waals surface area (Å²) in [5.74, 6) is 5.91. The first-order valence-corrected chi connectivity index (χ1v) is 6.46. The zero-order valence-corrected chi connectivity index (χ0v) is 11.0. The number of ether oxygens (including phenoxy) is 1. The van der Waals surface area contributed by atoms with Gasteiger partial charge in [-0.05, 0) is 26.3 Å². The molecule has 0 saturated heterocycles. The first-order chi connectivity index (χ1) is 8.93. The van der Waals surface area contributed by atoms with Crippen molar-refractivity contribution in [3.8, 4) is 11.8 Å². The zero-order chi connectivity index (χ0) is 12.9. The fraction of sp³-hybridized carbons (Fsp3) is 0.692. The van der Waals surface area contributed by atoms with Gasteiger partial charge in [0.15, 0.2) is 0 Å². The average Bonchev–Trinajstić information content (AvgIpc) is 2.89. The third-order valence-electron chi connectivity index (χ3n) is 2.46. The molecule has 1 aromatic rings. The number of rotatable bonds is 10. The van der Waals surface area contributed by atoms with Crippen LogP contribution in [0, 0.1) is 11.8 Å². The van der Waals surface area contributed by atoms with Crippen molar-refractivity contribution < 1.29 is 4.74 Å². The minimum Gasteiger partial charge on any atom is -0.381 e. The summed E-state index contributed by atoms with van der Waals surface area (Å²) in [4.78, 5) is 0. The molecule has 1 heterocycles. The second-order valence-corrected chi connectivity index (χ2v) is 3.96. The summed E-state index contributed by atoms with van der Waals surface area (Å²) in [5, 5.41) is 13.6. The molecule has 0 bridgehead atoms. The van der Waals surface area contributed by atoms with Crippen molar-refractivity contribution in [2.45, 2.75) is 32.6 Å². The predicted octanol–water partition coefficient (Wildman–Crippen LogP) is 1.15. The lowest BCUT2D eigenvalue weighted by molar-refractivity contribution is 0.132. The van der Waals surface area contributed by atoms with Gasteiger partial charge in [-0.3, -0.25) is 0 Å². The lowest BCUT2D eigenvalue weighted by atomic mass is 10.3. The average molecular weight is 250 g/mol. The molecular formula is C13H22N4O. The SMILES string of the molecule is CC#CCCNCCCCOCCc1cn[nH]n1. The van der Waals surface area contributed by atoms with E-state index in [2.05, 4.69) is 32.6 Å². The minimum atomic E-state index is 0.714. The van der Waals surface area contributed by atoms with Crippen molar-refractivity contribution in [3.05, 3.63) is 11.9 Å². The van der Waals surface area contributed by atoms with E-state index in [1.807, 2.05) is 6.92 Å². The van der Waals surface area contributed by atoms with E-state index in [4.69, 9.17) is 4.74 Å². The van der Waals surface area contributed by atoms with E-state index in [9.17, 15) is 0 Å². The van der Waals surface area contributed by atoms with Crippen molar-refractivity contribution in [1.29, 1.82) is 0 Å². The molecule has 0 aliphatic heterocycles. The van der Waals surface area contributed by atoms with Gasteiger partial charge in [-0.1, -0.05) is 0 Å². The van der Waals surface area contributed by atoms with Gasteiger partial charge in [0, 0.05) is 26.0 Å². The molecule has 5 heteroatoms. The third-order valence-corrected chi connectivity index (χ3v) is 2.46. The highest BCUT2D eigenvalue weighted by Gasteiger charge is 1.95. The van der Waals surface area contributed by atoms with E-state index in [1.54, 1.807) is 6.20 Å². The molecule has 0 amide bonds. The maximum absolute atomic E-state index is 5.52. The fourth-order valence-corrected chi connectivity index (χ4v) is 1.48. The van der Waals surface area contributed by atoms with Gasteiger partial charge in [-0.15, -0.1) is 11.8 Å². The molecule has 0 spiro atoms. The molecule has 0 fully saturated rings. The van der Waals surface area contributed by atoms with Crippen molar-refractivity contribution in [2.75, 3.05) is 26.3 Å². The van der Waals surface area contributed by atoms with Gasteiger partial charge < -0.3 is 10.1 Å². The first kappa shape index (κ1) is 14.7. The van der Waals surface area contributed by atoms with Gasteiger partial charge in [0.05, 0.1) is 18.5 Å². The Kier molecular flexibility index (Phi) is 8.77. The molecule has 18 heavy (non-hydrogen) atoms. The van der Waals surface area contributed by atoms with Crippen LogP contribution in [0.3, 0.4) is 0 Å². The maximum Gasteiger partial charge on any atom is 0.0847 e. The van der Waals surface area contributed by atoms with Crippen molar-refractivity contribution >= 4 is 0 Å². The van der Waals surface area contributed by atoms with Crippen molar-refractivity contribution in [3.63, 3.8) is 0 Å². The molecular weight excluding hydrogens is 228 g/mol. The van der Waals surface area contributed by atoms with Crippen LogP contribution in [0.1, 0.15) is 31.9 Å². The number of nitrogens with zero attached hydrogens (tertiary/aromatic N) is 2. The topological polar surface area (TPSA) is 62.8 Å². The summed E-state index contributed by atoms with van der Waals surface area (Å²) in [5.41, 5.74) is 0.953. The molecule has 0 aromatic carbocycles. The molecule has 2 N–H and O–H groups in total. The van der Waals surface area contributed by atoms with Crippen LogP contribution in [0.15, 0.2) is 6.20 Å². The fourth-order valence-electron chi connectivity index (χ4n) is 1.48. The second kappa shape index (κ2) is 10.8.